The van der Waals surface area contributed by atoms with Crippen LogP contribution in [0.1, 0.15) is 10.4 Å². The van der Waals surface area contributed by atoms with Crippen LogP contribution in [0.4, 0.5) is 5.69 Å². The minimum absolute atomic E-state index is 0.255. The molecular weight excluding hydrogens is 294 g/mol. The van der Waals surface area contributed by atoms with E-state index in [1.165, 1.54) is 37.5 Å². The molecule has 0 spiro atoms. The molecule has 0 saturated carbocycles. The van der Waals surface area contributed by atoms with Crippen molar-refractivity contribution in [1.82, 2.24) is 10.3 Å². The van der Waals surface area contributed by atoms with E-state index in [1.807, 2.05) is 0 Å². The number of hydrogen-bond acceptors (Lipinski definition) is 4. The number of pyridine rings is 1. The van der Waals surface area contributed by atoms with Gasteiger partial charge in [0.1, 0.15) is 0 Å². The van der Waals surface area contributed by atoms with Crippen LogP contribution in [-0.2, 0) is 10.0 Å². The number of sulfonamides is 1. The molecular formula is C13H13N3O4S. The van der Waals surface area contributed by atoms with Crippen molar-refractivity contribution in [3.8, 4) is 0 Å². The van der Waals surface area contributed by atoms with Crippen LogP contribution in [-0.4, -0.2) is 26.4 Å². The molecule has 2 aromatic rings. The molecule has 0 fully saturated rings. The molecule has 0 aliphatic heterocycles. The Morgan fingerprint density at radius 3 is 2.38 bits per heavy atom. The average Bonchev–Trinajstić information content (AvgIpc) is 2.47. The number of amides is 1. The average molecular weight is 307 g/mol. The molecule has 3 N–H and O–H groups in total. The number of carbonyl (C=O) groups excluding carboxylic acids is 1. The summed E-state index contributed by atoms with van der Waals surface area (Å²) in [6.07, 6.45) is 2.46. The van der Waals surface area contributed by atoms with Crippen LogP contribution >= 0.6 is 0 Å². The smallest absolute Gasteiger partial charge is 0.267 e. The van der Waals surface area contributed by atoms with Gasteiger partial charge in [-0.1, -0.05) is 0 Å². The zero-order valence-corrected chi connectivity index (χ0v) is 11.9. The van der Waals surface area contributed by atoms with Crippen LogP contribution in [0, 0.1) is 0 Å². The summed E-state index contributed by atoms with van der Waals surface area (Å²) in [6, 6.07) is 6.97. The standard InChI is InChI=1S/C13H13N3O4S/c1-14-13(18)9-2-4-10(5-3-9)16-21(19,20)12-8-15-7-6-11(12)17/h2-8,16H,1H3,(H,14,18)(H,15,17). The second-order valence-electron chi connectivity index (χ2n) is 4.13. The predicted molar refractivity (Wildman–Crippen MR) is 77.7 cm³/mol. The van der Waals surface area contributed by atoms with Crippen molar-refractivity contribution in [2.24, 2.45) is 0 Å². The third-order valence-electron chi connectivity index (χ3n) is 2.70. The first-order chi connectivity index (χ1) is 9.94. The Kier molecular flexibility index (Phi) is 4.08. The maximum atomic E-state index is 12.1. The normalized spacial score (nSPS) is 10.9. The number of aromatic nitrogens is 1. The molecule has 1 aromatic carbocycles. The first-order valence-electron chi connectivity index (χ1n) is 5.96. The minimum atomic E-state index is -3.98. The fourth-order valence-electron chi connectivity index (χ4n) is 1.65. The van der Waals surface area contributed by atoms with Crippen molar-refractivity contribution in [2.75, 3.05) is 11.8 Å². The van der Waals surface area contributed by atoms with Crippen molar-refractivity contribution >= 4 is 21.6 Å². The fraction of sp³-hybridized carbons (Fsp3) is 0.0769. The fourth-order valence-corrected chi connectivity index (χ4v) is 2.77. The molecule has 0 aliphatic carbocycles. The van der Waals surface area contributed by atoms with E-state index in [2.05, 4.69) is 15.0 Å². The summed E-state index contributed by atoms with van der Waals surface area (Å²) in [5.74, 6) is -0.274. The highest BCUT2D eigenvalue weighted by molar-refractivity contribution is 7.92. The first-order valence-corrected chi connectivity index (χ1v) is 7.44. The maximum Gasteiger partial charge on any atom is 0.267 e. The van der Waals surface area contributed by atoms with Gasteiger partial charge in [0, 0.05) is 36.8 Å². The second-order valence-corrected chi connectivity index (χ2v) is 5.79. The molecule has 0 atom stereocenters. The summed E-state index contributed by atoms with van der Waals surface area (Å²) in [6.45, 7) is 0. The van der Waals surface area contributed by atoms with Gasteiger partial charge in [0.25, 0.3) is 15.9 Å². The lowest BCUT2D eigenvalue weighted by Gasteiger charge is -2.08. The topological polar surface area (TPSA) is 108 Å². The van der Waals surface area contributed by atoms with Gasteiger partial charge in [-0.3, -0.25) is 14.3 Å². The highest BCUT2D eigenvalue weighted by atomic mass is 32.2. The molecule has 0 unspecified atom stereocenters. The molecule has 110 valence electrons. The maximum absolute atomic E-state index is 12.1. The summed E-state index contributed by atoms with van der Waals surface area (Å²) >= 11 is 0. The van der Waals surface area contributed by atoms with Gasteiger partial charge in [0.2, 0.25) is 5.43 Å². The molecule has 0 saturated heterocycles. The quantitative estimate of drug-likeness (QED) is 0.766. The van der Waals surface area contributed by atoms with E-state index in [0.29, 0.717) is 5.56 Å². The lowest BCUT2D eigenvalue weighted by molar-refractivity contribution is 0.0963. The van der Waals surface area contributed by atoms with Crippen molar-refractivity contribution in [2.45, 2.75) is 4.90 Å². The van der Waals surface area contributed by atoms with E-state index in [0.717, 1.165) is 12.3 Å². The molecule has 0 aliphatic rings. The Morgan fingerprint density at radius 2 is 1.81 bits per heavy atom. The van der Waals surface area contributed by atoms with E-state index in [1.54, 1.807) is 0 Å². The zero-order chi connectivity index (χ0) is 15.5. The van der Waals surface area contributed by atoms with Crippen molar-refractivity contribution < 1.29 is 13.2 Å². The predicted octanol–water partition coefficient (Wildman–Crippen LogP) is 0.535. The minimum Gasteiger partial charge on any atom is -0.366 e. The molecule has 2 rings (SSSR count). The summed E-state index contributed by atoms with van der Waals surface area (Å²) in [7, 11) is -2.48. The van der Waals surface area contributed by atoms with Gasteiger partial charge >= 0.3 is 0 Å². The number of benzene rings is 1. The molecule has 8 heteroatoms. The van der Waals surface area contributed by atoms with Crippen molar-refractivity contribution in [3.63, 3.8) is 0 Å². The van der Waals surface area contributed by atoms with Crippen molar-refractivity contribution in [1.29, 1.82) is 0 Å². The molecule has 1 amide bonds. The Labute approximate surface area is 121 Å². The molecule has 21 heavy (non-hydrogen) atoms. The van der Waals surface area contributed by atoms with Crippen LogP contribution < -0.4 is 15.5 Å². The van der Waals surface area contributed by atoms with E-state index in [9.17, 15) is 18.0 Å². The van der Waals surface area contributed by atoms with Gasteiger partial charge in [-0.15, -0.1) is 0 Å². The number of carbonyl (C=O) groups is 1. The Balaban J connectivity index is 2.27. The number of hydrogen-bond donors (Lipinski definition) is 3. The largest absolute Gasteiger partial charge is 0.366 e. The highest BCUT2D eigenvalue weighted by Gasteiger charge is 2.17. The summed E-state index contributed by atoms with van der Waals surface area (Å²) < 4.78 is 26.5. The van der Waals surface area contributed by atoms with E-state index in [-0.39, 0.29) is 16.5 Å². The third-order valence-corrected chi connectivity index (χ3v) is 4.11. The van der Waals surface area contributed by atoms with Gasteiger partial charge in [-0.25, -0.2) is 8.42 Å². The Bertz CT molecular complexity index is 810. The SMILES string of the molecule is CNC(=O)c1ccc(NS(=O)(=O)c2c[nH]ccc2=O)cc1. The summed E-state index contributed by atoms with van der Waals surface area (Å²) in [5.41, 5.74) is 0.0483. The lowest BCUT2D eigenvalue weighted by atomic mass is 10.2. The second kappa shape index (κ2) is 5.80. The van der Waals surface area contributed by atoms with Crippen LogP contribution in [0.5, 0.6) is 0 Å². The number of rotatable bonds is 4. The van der Waals surface area contributed by atoms with Crippen LogP contribution in [0.15, 0.2) is 52.4 Å². The van der Waals surface area contributed by atoms with E-state index < -0.39 is 15.5 Å². The molecule has 1 aromatic heterocycles. The number of H-pyrrole nitrogens is 1. The van der Waals surface area contributed by atoms with Gasteiger partial charge in [-0.2, -0.15) is 0 Å². The number of nitrogens with one attached hydrogen (secondary N) is 3. The van der Waals surface area contributed by atoms with E-state index >= 15 is 0 Å². The van der Waals surface area contributed by atoms with Gasteiger partial charge < -0.3 is 10.3 Å². The molecule has 7 nitrogen and oxygen atoms in total. The van der Waals surface area contributed by atoms with Crippen LogP contribution in [0.2, 0.25) is 0 Å². The van der Waals surface area contributed by atoms with Crippen LogP contribution in [0.25, 0.3) is 0 Å². The van der Waals surface area contributed by atoms with Crippen molar-refractivity contribution in [3.05, 3.63) is 58.5 Å². The first kappa shape index (κ1) is 14.8. The monoisotopic (exact) mass is 307 g/mol. The Hall–Kier alpha value is -2.61. The van der Waals surface area contributed by atoms with Gasteiger partial charge in [-0.05, 0) is 24.3 Å². The van der Waals surface area contributed by atoms with Crippen LogP contribution in [0.3, 0.4) is 0 Å². The molecule has 0 bridgehead atoms. The zero-order valence-electron chi connectivity index (χ0n) is 11.1. The Morgan fingerprint density at radius 1 is 1.14 bits per heavy atom. The third kappa shape index (κ3) is 3.29. The summed E-state index contributed by atoms with van der Waals surface area (Å²) in [4.78, 5) is 25.1. The molecule has 0 radical (unpaired) electrons. The lowest BCUT2D eigenvalue weighted by Crippen LogP contribution is -2.21. The molecule has 1 heterocycles. The highest BCUT2D eigenvalue weighted by Crippen LogP contribution is 2.14. The van der Waals surface area contributed by atoms with Gasteiger partial charge in [0.05, 0.1) is 0 Å². The number of anilines is 1. The van der Waals surface area contributed by atoms with Gasteiger partial charge in [0.15, 0.2) is 4.90 Å². The summed E-state index contributed by atoms with van der Waals surface area (Å²) in [5, 5.41) is 2.46. The number of aromatic amines is 1. The van der Waals surface area contributed by atoms with E-state index in [4.69, 9.17) is 0 Å².